The summed E-state index contributed by atoms with van der Waals surface area (Å²) in [6.07, 6.45) is -4.89. The highest BCUT2D eigenvalue weighted by molar-refractivity contribution is 5.85. The molecule has 1 aliphatic rings. The number of alkyl carbamates (subject to hydrolysis) is 1. The number of amides is 1. The lowest BCUT2D eigenvalue weighted by Gasteiger charge is -2.10. The van der Waals surface area contributed by atoms with Crippen molar-refractivity contribution in [2.75, 3.05) is 6.61 Å². The molecule has 1 N–H and O–H groups in total. The summed E-state index contributed by atoms with van der Waals surface area (Å²) < 4.78 is 41.4. The number of ether oxygens (including phenoxy) is 1. The Kier molecular flexibility index (Phi) is 3.87. The zero-order valence-electron chi connectivity index (χ0n) is 8.45. The molecule has 1 fully saturated rings. The summed E-state index contributed by atoms with van der Waals surface area (Å²) in [6.45, 7) is 0.143. The lowest BCUT2D eigenvalue weighted by atomic mass is 10.1. The van der Waals surface area contributed by atoms with E-state index in [1.807, 2.05) is 0 Å². The number of benzene rings is 1. The van der Waals surface area contributed by atoms with Gasteiger partial charge >= 0.3 is 12.3 Å². The molecule has 17 heavy (non-hydrogen) atoms. The second-order valence-corrected chi connectivity index (χ2v) is 3.42. The van der Waals surface area contributed by atoms with Crippen molar-refractivity contribution >= 4 is 18.5 Å². The Morgan fingerprint density at radius 2 is 1.82 bits per heavy atom. The van der Waals surface area contributed by atoms with Gasteiger partial charge in [0.15, 0.2) is 0 Å². The smallest absolute Gasteiger partial charge is 0.416 e. The maximum Gasteiger partial charge on any atom is 0.416 e. The van der Waals surface area contributed by atoms with Crippen LogP contribution in [0, 0.1) is 0 Å². The normalized spacial score (nSPS) is 19.2. The molecule has 0 saturated carbocycles. The molecule has 1 aromatic carbocycles. The average molecular weight is 268 g/mol. The number of halogens is 4. The fourth-order valence-electron chi connectivity index (χ4n) is 1.47. The van der Waals surface area contributed by atoms with Crippen molar-refractivity contribution < 1.29 is 22.7 Å². The molecule has 1 amide bonds. The van der Waals surface area contributed by atoms with Crippen LogP contribution in [0.2, 0.25) is 0 Å². The lowest BCUT2D eigenvalue weighted by Crippen LogP contribution is -2.18. The van der Waals surface area contributed by atoms with Gasteiger partial charge in [0.2, 0.25) is 0 Å². The third-order valence-corrected chi connectivity index (χ3v) is 2.31. The number of alkyl halides is 3. The first-order chi connectivity index (χ1) is 7.47. The number of rotatable bonds is 1. The fraction of sp³-hybridized carbons (Fsp3) is 0.300. The lowest BCUT2D eigenvalue weighted by molar-refractivity contribution is -0.137. The number of nitrogens with one attached hydrogen (secondary N) is 1. The predicted molar refractivity (Wildman–Crippen MR) is 55.9 cm³/mol. The van der Waals surface area contributed by atoms with E-state index in [1.54, 1.807) is 0 Å². The molecular formula is C10H9ClF3NO2. The molecular weight excluding hydrogens is 259 g/mol. The molecule has 0 aliphatic carbocycles. The van der Waals surface area contributed by atoms with Crippen molar-refractivity contribution in [3.63, 3.8) is 0 Å². The first kappa shape index (κ1) is 13.6. The van der Waals surface area contributed by atoms with Crippen LogP contribution in [-0.4, -0.2) is 12.7 Å². The van der Waals surface area contributed by atoms with E-state index in [2.05, 4.69) is 10.1 Å². The Morgan fingerprint density at radius 3 is 2.24 bits per heavy atom. The van der Waals surface area contributed by atoms with Crippen molar-refractivity contribution in [1.82, 2.24) is 5.32 Å². The zero-order valence-corrected chi connectivity index (χ0v) is 9.27. The van der Waals surface area contributed by atoms with Gasteiger partial charge in [-0.05, 0) is 17.7 Å². The van der Waals surface area contributed by atoms with E-state index >= 15 is 0 Å². The Morgan fingerprint density at radius 1 is 1.24 bits per heavy atom. The summed E-state index contributed by atoms with van der Waals surface area (Å²) in [7, 11) is 0. The van der Waals surface area contributed by atoms with Gasteiger partial charge in [0.05, 0.1) is 11.6 Å². The average Bonchev–Trinajstić information content (AvgIpc) is 2.64. The largest absolute Gasteiger partial charge is 0.447 e. The highest BCUT2D eigenvalue weighted by Gasteiger charge is 2.31. The van der Waals surface area contributed by atoms with Gasteiger partial charge in [0.25, 0.3) is 0 Å². The Hall–Kier alpha value is -1.43. The molecule has 1 saturated heterocycles. The van der Waals surface area contributed by atoms with Crippen LogP contribution in [0.1, 0.15) is 17.2 Å². The first-order valence-electron chi connectivity index (χ1n) is 4.57. The van der Waals surface area contributed by atoms with Crippen LogP contribution in [0.4, 0.5) is 18.0 Å². The molecule has 3 nitrogen and oxygen atoms in total. The van der Waals surface area contributed by atoms with E-state index in [9.17, 15) is 18.0 Å². The van der Waals surface area contributed by atoms with E-state index < -0.39 is 17.8 Å². The van der Waals surface area contributed by atoms with Crippen molar-refractivity contribution in [3.8, 4) is 0 Å². The van der Waals surface area contributed by atoms with E-state index in [-0.39, 0.29) is 25.1 Å². The highest BCUT2D eigenvalue weighted by atomic mass is 35.5. The van der Waals surface area contributed by atoms with Crippen molar-refractivity contribution in [2.24, 2.45) is 0 Å². The number of cyclic esters (lactones) is 1. The molecule has 0 radical (unpaired) electrons. The molecule has 0 unspecified atom stereocenters. The van der Waals surface area contributed by atoms with Crippen LogP contribution in [0.5, 0.6) is 0 Å². The second kappa shape index (κ2) is 4.83. The summed E-state index contributed by atoms with van der Waals surface area (Å²) in [6, 6.07) is 4.28. The van der Waals surface area contributed by atoms with Crippen molar-refractivity contribution in [1.29, 1.82) is 0 Å². The Labute approximate surface area is 101 Å². The second-order valence-electron chi connectivity index (χ2n) is 3.42. The predicted octanol–water partition coefficient (Wildman–Crippen LogP) is 2.91. The molecule has 94 valence electrons. The third kappa shape index (κ3) is 3.03. The van der Waals surface area contributed by atoms with Crippen LogP contribution in [0.15, 0.2) is 24.3 Å². The maximum atomic E-state index is 12.3. The summed E-state index contributed by atoms with van der Waals surface area (Å²) in [5.41, 5.74) is -0.111. The Balaban J connectivity index is 0.00000144. The molecule has 2 rings (SSSR count). The molecule has 1 heterocycles. The molecule has 0 bridgehead atoms. The number of hydrogen-bond donors (Lipinski definition) is 1. The minimum absolute atomic E-state index is 0. The number of carbonyl (C=O) groups excluding carboxylic acids is 1. The quantitative estimate of drug-likeness (QED) is 0.850. The molecule has 0 aromatic heterocycles. The molecule has 7 heteroatoms. The number of hydrogen-bond acceptors (Lipinski definition) is 2. The van der Waals surface area contributed by atoms with Crippen LogP contribution in [0.25, 0.3) is 0 Å². The fourth-order valence-corrected chi connectivity index (χ4v) is 1.47. The van der Waals surface area contributed by atoms with Gasteiger partial charge in [-0.3, -0.25) is 0 Å². The SMILES string of the molecule is Cl.O=C1N[C@H](c2ccc(C(F)(F)F)cc2)CO1. The van der Waals surface area contributed by atoms with Gasteiger partial charge in [0, 0.05) is 0 Å². The van der Waals surface area contributed by atoms with Crippen LogP contribution in [-0.2, 0) is 10.9 Å². The van der Waals surface area contributed by atoms with Gasteiger partial charge < -0.3 is 10.1 Å². The summed E-state index contributed by atoms with van der Waals surface area (Å²) in [4.78, 5) is 10.7. The van der Waals surface area contributed by atoms with Gasteiger partial charge in [-0.2, -0.15) is 13.2 Å². The standard InChI is InChI=1S/C10H8F3NO2.ClH/c11-10(12,13)7-3-1-6(2-4-7)8-5-16-9(15)14-8;/h1-4,8H,5H2,(H,14,15);1H/t8-;/m0./s1. The van der Waals surface area contributed by atoms with E-state index in [1.165, 1.54) is 12.1 Å². The zero-order chi connectivity index (χ0) is 11.8. The van der Waals surface area contributed by atoms with Crippen LogP contribution >= 0.6 is 12.4 Å². The summed E-state index contributed by atoms with van der Waals surface area (Å²) >= 11 is 0. The minimum atomic E-state index is -4.34. The van der Waals surface area contributed by atoms with E-state index in [4.69, 9.17) is 0 Å². The van der Waals surface area contributed by atoms with Gasteiger partial charge in [-0.25, -0.2) is 4.79 Å². The van der Waals surface area contributed by atoms with Crippen molar-refractivity contribution in [3.05, 3.63) is 35.4 Å². The van der Waals surface area contributed by atoms with E-state index in [0.717, 1.165) is 12.1 Å². The third-order valence-electron chi connectivity index (χ3n) is 2.31. The van der Waals surface area contributed by atoms with E-state index in [0.29, 0.717) is 5.56 Å². The van der Waals surface area contributed by atoms with Crippen LogP contribution in [0.3, 0.4) is 0 Å². The summed E-state index contributed by atoms with van der Waals surface area (Å²) in [5, 5.41) is 2.49. The topological polar surface area (TPSA) is 38.3 Å². The van der Waals surface area contributed by atoms with Gasteiger partial charge in [-0.15, -0.1) is 12.4 Å². The molecule has 0 spiro atoms. The summed E-state index contributed by atoms with van der Waals surface area (Å²) in [5.74, 6) is 0. The molecule has 1 atom stereocenters. The number of carbonyl (C=O) groups is 1. The molecule has 1 aliphatic heterocycles. The Bertz CT molecular complexity index is 405. The van der Waals surface area contributed by atoms with Gasteiger partial charge in [-0.1, -0.05) is 12.1 Å². The van der Waals surface area contributed by atoms with Gasteiger partial charge in [0.1, 0.15) is 6.61 Å². The minimum Gasteiger partial charge on any atom is -0.447 e. The first-order valence-corrected chi connectivity index (χ1v) is 4.57. The van der Waals surface area contributed by atoms with Crippen molar-refractivity contribution in [2.45, 2.75) is 12.2 Å². The van der Waals surface area contributed by atoms with Crippen LogP contribution < -0.4 is 5.32 Å². The monoisotopic (exact) mass is 267 g/mol. The molecule has 1 aromatic rings. The highest BCUT2D eigenvalue weighted by Crippen LogP contribution is 2.30. The maximum absolute atomic E-state index is 12.3.